The second-order valence-corrected chi connectivity index (χ2v) is 3.71. The van der Waals surface area contributed by atoms with Gasteiger partial charge >= 0.3 is 12.3 Å². The third kappa shape index (κ3) is 6.16. The maximum absolute atomic E-state index is 11.7. The van der Waals surface area contributed by atoms with Crippen LogP contribution in [0.3, 0.4) is 0 Å². The standard InChI is InChI=1S/C8H14F3NO3/c1-5(13)7(2,3)12-6(14)15-4-8(9,10)11/h5,13H,4H2,1-3H3,(H,12,14). The normalized spacial score (nSPS) is 14.6. The Morgan fingerprint density at radius 1 is 1.47 bits per heavy atom. The van der Waals surface area contributed by atoms with E-state index in [1.807, 2.05) is 0 Å². The van der Waals surface area contributed by atoms with Crippen LogP contribution < -0.4 is 5.32 Å². The molecule has 0 radical (unpaired) electrons. The molecule has 0 aliphatic rings. The number of alkyl carbamates (subject to hydrolysis) is 1. The smallest absolute Gasteiger partial charge is 0.422 e. The molecule has 15 heavy (non-hydrogen) atoms. The predicted octanol–water partition coefficient (Wildman–Crippen LogP) is 1.43. The molecular formula is C8H14F3NO3. The van der Waals surface area contributed by atoms with Gasteiger partial charge in [-0.1, -0.05) is 0 Å². The predicted molar refractivity (Wildman–Crippen MR) is 46.3 cm³/mol. The molecule has 0 saturated carbocycles. The first kappa shape index (κ1) is 14.0. The van der Waals surface area contributed by atoms with Gasteiger partial charge in [0.1, 0.15) is 0 Å². The van der Waals surface area contributed by atoms with E-state index < -0.39 is 30.5 Å². The van der Waals surface area contributed by atoms with E-state index in [1.54, 1.807) is 0 Å². The molecule has 1 unspecified atom stereocenters. The molecule has 0 heterocycles. The van der Waals surface area contributed by atoms with Crippen LogP contribution in [0.15, 0.2) is 0 Å². The van der Waals surface area contributed by atoms with Gasteiger partial charge in [-0.15, -0.1) is 0 Å². The summed E-state index contributed by atoms with van der Waals surface area (Å²) in [5.74, 6) is 0. The first-order valence-corrected chi connectivity index (χ1v) is 4.24. The van der Waals surface area contributed by atoms with E-state index in [9.17, 15) is 18.0 Å². The number of alkyl halides is 3. The Hall–Kier alpha value is -0.980. The number of amides is 1. The van der Waals surface area contributed by atoms with E-state index in [1.165, 1.54) is 20.8 Å². The van der Waals surface area contributed by atoms with Gasteiger partial charge in [-0.05, 0) is 20.8 Å². The fourth-order valence-electron chi connectivity index (χ4n) is 0.551. The molecule has 0 aliphatic heterocycles. The van der Waals surface area contributed by atoms with Crippen LogP contribution in [-0.4, -0.2) is 35.6 Å². The summed E-state index contributed by atoms with van der Waals surface area (Å²) in [7, 11) is 0. The quantitative estimate of drug-likeness (QED) is 0.769. The van der Waals surface area contributed by atoms with Gasteiger partial charge in [0.15, 0.2) is 6.61 Å². The Kier molecular flexibility index (Phi) is 4.39. The number of nitrogens with one attached hydrogen (secondary N) is 1. The molecule has 1 amide bonds. The third-order valence-electron chi connectivity index (χ3n) is 1.84. The third-order valence-corrected chi connectivity index (χ3v) is 1.84. The molecule has 0 rings (SSSR count). The van der Waals surface area contributed by atoms with Gasteiger partial charge in [-0.2, -0.15) is 13.2 Å². The molecule has 2 N–H and O–H groups in total. The molecule has 0 aromatic carbocycles. The lowest BCUT2D eigenvalue weighted by Gasteiger charge is -2.28. The van der Waals surface area contributed by atoms with E-state index >= 15 is 0 Å². The highest BCUT2D eigenvalue weighted by molar-refractivity contribution is 5.68. The highest BCUT2D eigenvalue weighted by atomic mass is 19.4. The van der Waals surface area contributed by atoms with Crippen LogP contribution in [-0.2, 0) is 4.74 Å². The van der Waals surface area contributed by atoms with Crippen molar-refractivity contribution in [1.29, 1.82) is 0 Å². The summed E-state index contributed by atoms with van der Waals surface area (Å²) in [6, 6.07) is 0. The summed E-state index contributed by atoms with van der Waals surface area (Å²) in [5, 5.41) is 11.3. The van der Waals surface area contributed by atoms with Crippen molar-refractivity contribution in [3.63, 3.8) is 0 Å². The number of halogens is 3. The zero-order chi connectivity index (χ0) is 12.3. The summed E-state index contributed by atoms with van der Waals surface area (Å²) in [4.78, 5) is 10.9. The Balaban J connectivity index is 4.05. The van der Waals surface area contributed by atoms with Crippen molar-refractivity contribution in [2.75, 3.05) is 6.61 Å². The van der Waals surface area contributed by atoms with Crippen LogP contribution in [0.25, 0.3) is 0 Å². The fraction of sp³-hybridized carbons (Fsp3) is 0.875. The molecule has 0 bridgehead atoms. The van der Waals surface area contributed by atoms with Crippen LogP contribution in [0.4, 0.5) is 18.0 Å². The Morgan fingerprint density at radius 2 is 1.93 bits per heavy atom. The zero-order valence-electron chi connectivity index (χ0n) is 8.68. The molecule has 0 aliphatic carbocycles. The minimum atomic E-state index is -4.55. The van der Waals surface area contributed by atoms with E-state index in [-0.39, 0.29) is 0 Å². The van der Waals surface area contributed by atoms with Gasteiger partial charge in [-0.25, -0.2) is 4.79 Å². The van der Waals surface area contributed by atoms with Gasteiger partial charge in [0.25, 0.3) is 0 Å². The number of ether oxygens (including phenoxy) is 1. The zero-order valence-corrected chi connectivity index (χ0v) is 8.68. The summed E-state index contributed by atoms with van der Waals surface area (Å²) >= 11 is 0. The van der Waals surface area contributed by atoms with E-state index in [4.69, 9.17) is 5.11 Å². The highest BCUT2D eigenvalue weighted by Gasteiger charge is 2.32. The molecule has 1 atom stereocenters. The molecule has 0 spiro atoms. The van der Waals surface area contributed by atoms with Crippen LogP contribution in [0.1, 0.15) is 20.8 Å². The van der Waals surface area contributed by atoms with Crippen molar-refractivity contribution >= 4 is 6.09 Å². The second kappa shape index (κ2) is 4.69. The van der Waals surface area contributed by atoms with Crippen LogP contribution in [0, 0.1) is 0 Å². The van der Waals surface area contributed by atoms with E-state index in [0.717, 1.165) is 0 Å². The van der Waals surface area contributed by atoms with Crippen LogP contribution >= 0.6 is 0 Å². The van der Waals surface area contributed by atoms with Crippen LogP contribution in [0.5, 0.6) is 0 Å². The SMILES string of the molecule is CC(O)C(C)(C)NC(=O)OCC(F)(F)F. The van der Waals surface area contributed by atoms with Crippen molar-refractivity contribution in [1.82, 2.24) is 5.32 Å². The van der Waals surface area contributed by atoms with Crippen molar-refractivity contribution < 1.29 is 27.8 Å². The maximum Gasteiger partial charge on any atom is 0.422 e. The van der Waals surface area contributed by atoms with Crippen molar-refractivity contribution in [3.05, 3.63) is 0 Å². The molecule has 0 aromatic rings. The van der Waals surface area contributed by atoms with Gasteiger partial charge in [0.05, 0.1) is 11.6 Å². The monoisotopic (exact) mass is 229 g/mol. The first-order valence-electron chi connectivity index (χ1n) is 4.24. The Labute approximate surface area is 85.4 Å². The number of aliphatic hydroxyl groups is 1. The van der Waals surface area contributed by atoms with Crippen molar-refractivity contribution in [2.24, 2.45) is 0 Å². The second-order valence-electron chi connectivity index (χ2n) is 3.71. The van der Waals surface area contributed by atoms with Gasteiger partial charge in [0, 0.05) is 0 Å². The topological polar surface area (TPSA) is 58.6 Å². The van der Waals surface area contributed by atoms with Gasteiger partial charge in [0.2, 0.25) is 0 Å². The van der Waals surface area contributed by atoms with E-state index in [0.29, 0.717) is 0 Å². The van der Waals surface area contributed by atoms with Crippen molar-refractivity contribution in [3.8, 4) is 0 Å². The maximum atomic E-state index is 11.7. The molecule has 7 heteroatoms. The summed E-state index contributed by atoms with van der Waals surface area (Å²) < 4.78 is 38.9. The summed E-state index contributed by atoms with van der Waals surface area (Å²) in [6.07, 6.45) is -6.67. The molecule has 0 aromatic heterocycles. The minimum absolute atomic E-state index is 0.907. The first-order chi connectivity index (χ1) is 6.54. The van der Waals surface area contributed by atoms with Crippen LogP contribution in [0.2, 0.25) is 0 Å². The fourth-order valence-corrected chi connectivity index (χ4v) is 0.551. The van der Waals surface area contributed by atoms with E-state index in [2.05, 4.69) is 10.1 Å². The average molecular weight is 229 g/mol. The number of hydrogen-bond acceptors (Lipinski definition) is 3. The number of aliphatic hydroxyl groups excluding tert-OH is 1. The molecular weight excluding hydrogens is 215 g/mol. The highest BCUT2D eigenvalue weighted by Crippen LogP contribution is 2.15. The minimum Gasteiger partial charge on any atom is -0.440 e. The molecule has 0 saturated heterocycles. The van der Waals surface area contributed by atoms with Gasteiger partial charge in [-0.3, -0.25) is 0 Å². The molecule has 90 valence electrons. The van der Waals surface area contributed by atoms with Crippen molar-refractivity contribution in [2.45, 2.75) is 38.6 Å². The Bertz CT molecular complexity index is 226. The molecule has 4 nitrogen and oxygen atoms in total. The lowest BCUT2D eigenvalue weighted by Crippen LogP contribution is -2.51. The summed E-state index contributed by atoms with van der Waals surface area (Å²) in [6.45, 7) is 2.69. The molecule has 0 fully saturated rings. The summed E-state index contributed by atoms with van der Waals surface area (Å²) in [5.41, 5.74) is -1.04. The number of carbonyl (C=O) groups is 1. The number of hydrogen-bond donors (Lipinski definition) is 2. The Morgan fingerprint density at radius 3 is 2.27 bits per heavy atom. The number of carbonyl (C=O) groups excluding carboxylic acids is 1. The largest absolute Gasteiger partial charge is 0.440 e. The number of rotatable bonds is 3. The lowest BCUT2D eigenvalue weighted by molar-refractivity contribution is -0.160. The lowest BCUT2D eigenvalue weighted by atomic mass is 9.99. The van der Waals surface area contributed by atoms with Gasteiger partial charge < -0.3 is 15.2 Å². The average Bonchev–Trinajstić information content (AvgIpc) is 1.98.